The molecule has 0 aromatic heterocycles. The van der Waals surface area contributed by atoms with Crippen molar-refractivity contribution in [1.29, 1.82) is 0 Å². The van der Waals surface area contributed by atoms with E-state index in [0.29, 0.717) is 6.42 Å². The molecule has 0 spiro atoms. The second kappa shape index (κ2) is 4.76. The molecule has 1 atom stereocenters. The normalized spacial score (nSPS) is 14.1. The highest BCUT2D eigenvalue weighted by molar-refractivity contribution is 7.72. The van der Waals surface area contributed by atoms with Crippen LogP contribution in [0.2, 0.25) is 0 Å². The van der Waals surface area contributed by atoms with Crippen LogP contribution in [0, 0.1) is 0 Å². The first-order valence-corrected chi connectivity index (χ1v) is 4.22. The Morgan fingerprint density at radius 2 is 2.00 bits per heavy atom. The highest BCUT2D eigenvalue weighted by Gasteiger charge is 2.05. The summed E-state index contributed by atoms with van der Waals surface area (Å²) in [5, 5.41) is 10.4. The van der Waals surface area contributed by atoms with Gasteiger partial charge in [0.25, 0.3) is 0 Å². The van der Waals surface area contributed by atoms with E-state index in [1.54, 1.807) is 0 Å². The van der Waals surface area contributed by atoms with Crippen molar-refractivity contribution >= 4 is 10.7 Å². The molecule has 0 bridgehead atoms. The van der Waals surface area contributed by atoms with Crippen LogP contribution < -0.4 is 0 Å². The molecule has 0 aliphatic heterocycles. The maximum atomic E-state index is 10.4. The van der Waals surface area contributed by atoms with Crippen LogP contribution in [0.5, 0.6) is 0 Å². The summed E-state index contributed by atoms with van der Waals surface area (Å²) in [5.41, 5.74) is -1.38. The van der Waals surface area contributed by atoms with E-state index in [1.807, 2.05) is 6.92 Å². The Balaban J connectivity index is 3.38. The van der Waals surface area contributed by atoms with Gasteiger partial charge in [0.1, 0.15) is 0 Å². The maximum Gasteiger partial charge on any atom is 0.191 e. The Hall–Kier alpha value is -0.0900. The number of thiol groups is 1. The number of hydrogen-bond acceptors (Lipinski definition) is 2. The lowest BCUT2D eigenvalue weighted by Crippen LogP contribution is -2.04. The Labute approximate surface area is 56.7 Å². The van der Waals surface area contributed by atoms with Gasteiger partial charge in [-0.2, -0.15) is 0 Å². The largest absolute Gasteiger partial charge is 0.229 e. The van der Waals surface area contributed by atoms with Crippen molar-refractivity contribution in [3.63, 3.8) is 0 Å². The number of rotatable bonds is 4. The lowest BCUT2D eigenvalue weighted by Gasteiger charge is -1.95. The average molecular weight is 151 g/mol. The summed E-state index contributed by atoms with van der Waals surface area (Å²) in [5.74, 6) is 0. The molecule has 1 unspecified atom stereocenters. The second-order valence-electron chi connectivity index (χ2n) is 1.88. The summed E-state index contributed by atoms with van der Waals surface area (Å²) in [6.45, 7) is 1.92. The summed E-state index contributed by atoms with van der Waals surface area (Å²) < 4.78 is 19.9. The molecule has 0 aromatic rings. The molecule has 0 saturated carbocycles. The molecule has 55 valence electrons. The van der Waals surface area contributed by atoms with Crippen molar-refractivity contribution in [2.45, 2.75) is 31.6 Å². The first-order valence-electron chi connectivity index (χ1n) is 2.97. The zero-order valence-corrected chi connectivity index (χ0v) is 6.27. The summed E-state index contributed by atoms with van der Waals surface area (Å²) in [4.78, 5) is 0. The van der Waals surface area contributed by atoms with Gasteiger partial charge < -0.3 is 0 Å². The van der Waals surface area contributed by atoms with E-state index in [4.69, 9.17) is 0 Å². The van der Waals surface area contributed by atoms with Crippen molar-refractivity contribution < 1.29 is 13.5 Å². The summed E-state index contributed by atoms with van der Waals surface area (Å²) in [6, 6.07) is 0. The SMILES string of the molecule is CCCCC([O])[SH](=O)=O. The van der Waals surface area contributed by atoms with Crippen LogP contribution in [0.1, 0.15) is 26.2 Å². The van der Waals surface area contributed by atoms with Crippen LogP contribution in [0.25, 0.3) is 0 Å². The molecule has 1 radical (unpaired) electrons. The lowest BCUT2D eigenvalue weighted by atomic mass is 10.3. The van der Waals surface area contributed by atoms with Gasteiger partial charge in [-0.15, -0.1) is 0 Å². The molecule has 0 heterocycles. The van der Waals surface area contributed by atoms with Crippen molar-refractivity contribution in [3.8, 4) is 0 Å². The van der Waals surface area contributed by atoms with Crippen molar-refractivity contribution in [2.75, 3.05) is 0 Å². The van der Waals surface area contributed by atoms with E-state index >= 15 is 0 Å². The molecule has 9 heavy (non-hydrogen) atoms. The molecule has 0 aliphatic carbocycles. The molecule has 0 aliphatic rings. The molecule has 0 fully saturated rings. The predicted octanol–water partition coefficient (Wildman–Crippen LogP) is 0.545. The van der Waals surface area contributed by atoms with Crippen LogP contribution >= 0.6 is 0 Å². The fourth-order valence-corrected chi connectivity index (χ4v) is 0.878. The van der Waals surface area contributed by atoms with Gasteiger partial charge in [-0.25, -0.2) is 13.5 Å². The van der Waals surface area contributed by atoms with Gasteiger partial charge >= 0.3 is 0 Å². The van der Waals surface area contributed by atoms with Gasteiger partial charge in [-0.3, -0.25) is 0 Å². The third kappa shape index (κ3) is 4.42. The van der Waals surface area contributed by atoms with E-state index in [1.165, 1.54) is 0 Å². The number of unbranched alkanes of at least 4 members (excludes halogenated alkanes) is 1. The zero-order valence-electron chi connectivity index (χ0n) is 5.37. The first-order chi connectivity index (χ1) is 4.18. The molecule has 0 saturated heterocycles. The second-order valence-corrected chi connectivity index (χ2v) is 3.03. The third-order valence-electron chi connectivity index (χ3n) is 1.04. The summed E-state index contributed by atoms with van der Waals surface area (Å²) >= 11 is 0. The average Bonchev–Trinajstić information content (AvgIpc) is 1.82. The van der Waals surface area contributed by atoms with Gasteiger partial charge in [-0.1, -0.05) is 13.3 Å². The number of hydrogen-bond donors (Lipinski definition) is 1. The summed E-state index contributed by atoms with van der Waals surface area (Å²) in [6.07, 6.45) is 1.84. The maximum absolute atomic E-state index is 10.4. The van der Waals surface area contributed by atoms with Crippen LogP contribution in [0.3, 0.4) is 0 Å². The molecule has 4 heteroatoms. The quantitative estimate of drug-likeness (QED) is 0.596. The first kappa shape index (κ1) is 8.91. The smallest absolute Gasteiger partial charge is 0.191 e. The minimum absolute atomic E-state index is 0.259. The van der Waals surface area contributed by atoms with Gasteiger partial charge in [0.05, 0.1) is 0 Å². The Bertz CT molecular complexity index is 122. The Morgan fingerprint density at radius 3 is 2.33 bits per heavy atom. The molecule has 0 amide bonds. The van der Waals surface area contributed by atoms with Gasteiger partial charge in [0, 0.05) is 0 Å². The zero-order chi connectivity index (χ0) is 7.28. The predicted molar refractivity (Wildman–Crippen MR) is 34.3 cm³/mol. The molecule has 0 aromatic carbocycles. The minimum atomic E-state index is -2.73. The highest BCUT2D eigenvalue weighted by Crippen LogP contribution is 2.00. The fourth-order valence-electron chi connectivity index (χ4n) is 0.484. The minimum Gasteiger partial charge on any atom is -0.229 e. The van der Waals surface area contributed by atoms with E-state index in [0.717, 1.165) is 6.42 Å². The fraction of sp³-hybridized carbons (Fsp3) is 1.00. The van der Waals surface area contributed by atoms with Crippen molar-refractivity contribution in [3.05, 3.63) is 0 Å². The molecule has 0 N–H and O–H groups in total. The standard InChI is InChI=1S/C5H11O3S/c1-2-3-4-5(6)9(7)8/h5,9H,2-4H2,1H3. The monoisotopic (exact) mass is 151 g/mol. The van der Waals surface area contributed by atoms with E-state index in [-0.39, 0.29) is 6.42 Å². The van der Waals surface area contributed by atoms with Crippen molar-refractivity contribution in [1.82, 2.24) is 0 Å². The van der Waals surface area contributed by atoms with Gasteiger partial charge in [0.15, 0.2) is 16.1 Å². The van der Waals surface area contributed by atoms with E-state index < -0.39 is 16.1 Å². The van der Waals surface area contributed by atoms with Crippen LogP contribution in [-0.4, -0.2) is 13.9 Å². The topological polar surface area (TPSA) is 54.0 Å². The third-order valence-corrected chi connectivity index (χ3v) is 1.77. The van der Waals surface area contributed by atoms with E-state index in [2.05, 4.69) is 0 Å². The van der Waals surface area contributed by atoms with Gasteiger partial charge in [0.2, 0.25) is 0 Å². The lowest BCUT2D eigenvalue weighted by molar-refractivity contribution is 0.148. The summed E-state index contributed by atoms with van der Waals surface area (Å²) in [7, 11) is -2.73. The van der Waals surface area contributed by atoms with E-state index in [9.17, 15) is 13.5 Å². The molecule has 3 nitrogen and oxygen atoms in total. The van der Waals surface area contributed by atoms with Crippen LogP contribution in [0.15, 0.2) is 0 Å². The highest BCUT2D eigenvalue weighted by atomic mass is 32.2. The molecular formula is C5H11O3S. The van der Waals surface area contributed by atoms with Crippen LogP contribution in [-0.2, 0) is 15.8 Å². The van der Waals surface area contributed by atoms with Crippen molar-refractivity contribution in [2.24, 2.45) is 0 Å². The Kier molecular flexibility index (Phi) is 4.71. The Morgan fingerprint density at radius 1 is 1.44 bits per heavy atom. The van der Waals surface area contributed by atoms with Gasteiger partial charge in [-0.05, 0) is 12.8 Å². The van der Waals surface area contributed by atoms with Crippen LogP contribution in [0.4, 0.5) is 0 Å². The molecule has 0 rings (SSSR count). The molecular weight excluding hydrogens is 140 g/mol.